The third kappa shape index (κ3) is 3.54. The van der Waals surface area contributed by atoms with Gasteiger partial charge >= 0.3 is 12.1 Å². The summed E-state index contributed by atoms with van der Waals surface area (Å²) < 4.78 is 5.76. The van der Waals surface area contributed by atoms with E-state index < -0.39 is 12.1 Å². The van der Waals surface area contributed by atoms with Gasteiger partial charge < -0.3 is 9.84 Å². The van der Waals surface area contributed by atoms with E-state index in [0.717, 1.165) is 22.3 Å². The summed E-state index contributed by atoms with van der Waals surface area (Å²) in [6.45, 7) is 5.35. The maximum Gasteiger partial charge on any atom is 0.414 e. The lowest BCUT2D eigenvalue weighted by molar-refractivity contribution is 0.0695. The SMILES string of the molecule is C#Cc1c(C)c(C(=O)O)c(C)c(N(C)C(=O)OCC2c3ccccc3-c3ccccc32)c1C. The highest BCUT2D eigenvalue weighted by atomic mass is 16.6. The fourth-order valence-electron chi connectivity index (χ4n) is 5.03. The quantitative estimate of drug-likeness (QED) is 0.532. The van der Waals surface area contributed by atoms with Crippen LogP contribution in [0, 0.1) is 33.1 Å². The van der Waals surface area contributed by atoms with Crippen LogP contribution in [0.15, 0.2) is 48.5 Å². The standard InChI is InChI=1S/C28H25NO4/c1-6-19-16(2)25(27(30)31)18(4)26(17(19)3)29(5)28(32)33-15-24-22-13-9-7-11-20(22)21-12-8-10-14-23(21)24/h1,7-14,24H,15H2,2-5H3,(H,30,31). The highest BCUT2D eigenvalue weighted by molar-refractivity contribution is 5.98. The number of carbonyl (C=O) groups is 2. The zero-order valence-corrected chi connectivity index (χ0v) is 19.1. The van der Waals surface area contributed by atoms with E-state index in [2.05, 4.69) is 30.2 Å². The summed E-state index contributed by atoms with van der Waals surface area (Å²) in [5.74, 6) is 1.43. The Labute approximate surface area is 193 Å². The van der Waals surface area contributed by atoms with Gasteiger partial charge in [0.1, 0.15) is 6.61 Å². The molecule has 0 fully saturated rings. The minimum absolute atomic E-state index is 0.0641. The lowest BCUT2D eigenvalue weighted by Gasteiger charge is -2.25. The van der Waals surface area contributed by atoms with Crippen molar-refractivity contribution in [3.63, 3.8) is 0 Å². The van der Waals surface area contributed by atoms with Gasteiger partial charge in [-0.1, -0.05) is 54.5 Å². The molecular weight excluding hydrogens is 414 g/mol. The van der Waals surface area contributed by atoms with E-state index in [1.807, 2.05) is 24.3 Å². The minimum Gasteiger partial charge on any atom is -0.478 e. The molecule has 0 unspecified atom stereocenters. The molecule has 5 nitrogen and oxygen atoms in total. The first kappa shape index (κ1) is 22.2. The van der Waals surface area contributed by atoms with Gasteiger partial charge in [0.15, 0.2) is 0 Å². The van der Waals surface area contributed by atoms with Gasteiger partial charge in [-0.05, 0) is 59.7 Å². The predicted molar refractivity (Wildman–Crippen MR) is 129 cm³/mol. The monoisotopic (exact) mass is 439 g/mol. The molecule has 1 amide bonds. The molecule has 3 aromatic carbocycles. The van der Waals surface area contributed by atoms with Gasteiger partial charge in [0, 0.05) is 18.5 Å². The molecule has 1 aliphatic rings. The molecule has 5 heteroatoms. The van der Waals surface area contributed by atoms with Gasteiger partial charge in [-0.3, -0.25) is 4.90 Å². The number of benzene rings is 3. The van der Waals surface area contributed by atoms with Gasteiger partial charge in [0.05, 0.1) is 11.3 Å². The smallest absolute Gasteiger partial charge is 0.414 e. The van der Waals surface area contributed by atoms with Gasteiger partial charge in [-0.15, -0.1) is 6.42 Å². The molecule has 0 radical (unpaired) electrons. The van der Waals surface area contributed by atoms with Crippen LogP contribution in [0.25, 0.3) is 11.1 Å². The van der Waals surface area contributed by atoms with E-state index in [-0.39, 0.29) is 18.1 Å². The Kier molecular flexibility index (Phi) is 5.69. The number of carboxylic acids is 1. The lowest BCUT2D eigenvalue weighted by atomic mass is 9.91. The van der Waals surface area contributed by atoms with Crippen LogP contribution in [0.5, 0.6) is 0 Å². The number of fused-ring (bicyclic) bond motifs is 3. The van der Waals surface area contributed by atoms with Crippen LogP contribution in [0.3, 0.4) is 0 Å². The van der Waals surface area contributed by atoms with Crippen LogP contribution in [0.4, 0.5) is 10.5 Å². The Morgan fingerprint density at radius 3 is 2.03 bits per heavy atom. The highest BCUT2D eigenvalue weighted by Gasteiger charge is 2.30. The number of ether oxygens (including phenoxy) is 1. The summed E-state index contributed by atoms with van der Waals surface area (Å²) in [4.78, 5) is 26.3. The summed E-state index contributed by atoms with van der Waals surface area (Å²) in [5, 5.41) is 9.73. The zero-order chi connectivity index (χ0) is 23.9. The Balaban J connectivity index is 1.64. The van der Waals surface area contributed by atoms with Gasteiger partial charge in [0.2, 0.25) is 0 Å². The van der Waals surface area contributed by atoms with Crippen LogP contribution < -0.4 is 4.90 Å². The number of anilines is 1. The number of rotatable bonds is 4. The number of amides is 1. The molecule has 0 saturated carbocycles. The number of hydrogen-bond acceptors (Lipinski definition) is 3. The minimum atomic E-state index is -1.08. The molecule has 0 aliphatic heterocycles. The van der Waals surface area contributed by atoms with Gasteiger partial charge in [-0.25, -0.2) is 9.59 Å². The van der Waals surface area contributed by atoms with Gasteiger partial charge in [-0.2, -0.15) is 0 Å². The van der Waals surface area contributed by atoms with Crippen LogP contribution in [-0.2, 0) is 4.74 Å². The molecule has 0 atom stereocenters. The average Bonchev–Trinajstić information content (AvgIpc) is 3.11. The number of terminal acetylenes is 1. The first-order valence-electron chi connectivity index (χ1n) is 10.7. The Hall–Kier alpha value is -4.04. The maximum absolute atomic E-state index is 13.1. The van der Waals surface area contributed by atoms with Crippen molar-refractivity contribution in [3.8, 4) is 23.5 Å². The van der Waals surface area contributed by atoms with Crippen molar-refractivity contribution >= 4 is 17.7 Å². The van der Waals surface area contributed by atoms with Gasteiger partial charge in [0.25, 0.3) is 0 Å². The maximum atomic E-state index is 13.1. The summed E-state index contributed by atoms with van der Waals surface area (Å²) in [6.07, 6.45) is 5.11. The zero-order valence-electron chi connectivity index (χ0n) is 19.1. The Morgan fingerprint density at radius 2 is 1.52 bits per heavy atom. The molecule has 0 aromatic heterocycles. The van der Waals surface area contributed by atoms with Crippen molar-refractivity contribution in [2.45, 2.75) is 26.7 Å². The van der Waals surface area contributed by atoms with Crippen molar-refractivity contribution < 1.29 is 19.4 Å². The van der Waals surface area contributed by atoms with Crippen molar-refractivity contribution in [2.75, 3.05) is 18.6 Å². The summed E-state index contributed by atoms with van der Waals surface area (Å²) in [5.41, 5.74) is 7.27. The second-order valence-electron chi connectivity index (χ2n) is 8.29. The molecule has 0 saturated heterocycles. The molecule has 0 heterocycles. The van der Waals surface area contributed by atoms with Crippen LogP contribution in [0.1, 0.15) is 49.7 Å². The van der Waals surface area contributed by atoms with E-state index in [1.165, 1.54) is 4.90 Å². The Morgan fingerprint density at radius 1 is 0.970 bits per heavy atom. The molecule has 1 aliphatic carbocycles. The van der Waals surface area contributed by atoms with E-state index in [1.54, 1.807) is 27.8 Å². The normalized spacial score (nSPS) is 12.0. The van der Waals surface area contributed by atoms with Crippen molar-refractivity contribution in [3.05, 3.63) is 87.5 Å². The molecular formula is C28H25NO4. The number of nitrogens with zero attached hydrogens (tertiary/aromatic N) is 1. The molecule has 1 N–H and O–H groups in total. The molecule has 0 spiro atoms. The van der Waals surface area contributed by atoms with E-state index in [9.17, 15) is 14.7 Å². The average molecular weight is 440 g/mol. The van der Waals surface area contributed by atoms with E-state index in [0.29, 0.717) is 27.9 Å². The number of carboxylic acid groups (broad SMARTS) is 1. The number of carbonyl (C=O) groups excluding carboxylic acids is 1. The second-order valence-corrected chi connectivity index (χ2v) is 8.29. The second kappa shape index (κ2) is 8.48. The fourth-order valence-corrected chi connectivity index (χ4v) is 5.03. The van der Waals surface area contributed by atoms with Crippen LogP contribution >= 0.6 is 0 Å². The molecule has 3 aromatic rings. The molecule has 4 rings (SSSR count). The number of aromatic carboxylic acids is 1. The summed E-state index contributed by atoms with van der Waals surface area (Å²) in [6, 6.07) is 16.3. The topological polar surface area (TPSA) is 66.8 Å². The third-order valence-electron chi connectivity index (χ3n) is 6.51. The van der Waals surface area contributed by atoms with Crippen molar-refractivity contribution in [1.29, 1.82) is 0 Å². The lowest BCUT2D eigenvalue weighted by Crippen LogP contribution is -2.30. The van der Waals surface area contributed by atoms with E-state index >= 15 is 0 Å². The van der Waals surface area contributed by atoms with Crippen LogP contribution in [-0.4, -0.2) is 30.8 Å². The van der Waals surface area contributed by atoms with Crippen molar-refractivity contribution in [2.24, 2.45) is 0 Å². The molecule has 0 bridgehead atoms. The fraction of sp³-hybridized carbons (Fsp3) is 0.214. The first-order chi connectivity index (χ1) is 15.8. The predicted octanol–water partition coefficient (Wildman–Crippen LogP) is 5.68. The highest BCUT2D eigenvalue weighted by Crippen LogP contribution is 2.44. The van der Waals surface area contributed by atoms with Crippen LogP contribution in [0.2, 0.25) is 0 Å². The molecule has 33 heavy (non-hydrogen) atoms. The Bertz CT molecular complexity index is 1290. The summed E-state index contributed by atoms with van der Waals surface area (Å²) in [7, 11) is 1.58. The van der Waals surface area contributed by atoms with Crippen molar-refractivity contribution in [1.82, 2.24) is 0 Å². The largest absolute Gasteiger partial charge is 0.478 e. The third-order valence-corrected chi connectivity index (χ3v) is 6.51. The summed E-state index contributed by atoms with van der Waals surface area (Å²) >= 11 is 0. The first-order valence-corrected chi connectivity index (χ1v) is 10.7. The van der Waals surface area contributed by atoms with E-state index in [4.69, 9.17) is 11.2 Å². The number of hydrogen-bond donors (Lipinski definition) is 1. The molecule has 166 valence electrons.